The Morgan fingerprint density at radius 1 is 1.05 bits per heavy atom. The Hall–Kier alpha value is -0.710. The SMILES string of the molecule is CNCCNS(=O)(=O)c1cccc(S(=O)(=O)NC2CC2)c1.Cl. The van der Waals surface area contributed by atoms with Crippen LogP contribution in [0.25, 0.3) is 0 Å². The van der Waals surface area contributed by atoms with Crippen molar-refractivity contribution in [3.63, 3.8) is 0 Å². The fourth-order valence-corrected chi connectivity index (χ4v) is 4.19. The van der Waals surface area contributed by atoms with Crippen LogP contribution in [0.4, 0.5) is 0 Å². The maximum atomic E-state index is 12.1. The third-order valence-electron chi connectivity index (χ3n) is 2.99. The molecule has 0 amide bonds. The van der Waals surface area contributed by atoms with E-state index in [0.717, 1.165) is 12.8 Å². The van der Waals surface area contributed by atoms with Gasteiger partial charge in [-0.2, -0.15) is 0 Å². The van der Waals surface area contributed by atoms with Gasteiger partial charge in [0.1, 0.15) is 0 Å². The second-order valence-corrected chi connectivity index (χ2v) is 8.35. The van der Waals surface area contributed by atoms with Gasteiger partial charge in [0.15, 0.2) is 0 Å². The zero-order valence-corrected chi connectivity index (χ0v) is 14.5. The fourth-order valence-electron chi connectivity index (χ4n) is 1.69. The number of sulfonamides is 2. The second-order valence-electron chi connectivity index (χ2n) is 4.87. The third kappa shape index (κ3) is 5.18. The molecule has 0 radical (unpaired) electrons. The molecule has 0 spiro atoms. The molecule has 0 aliphatic heterocycles. The number of benzene rings is 1. The van der Waals surface area contributed by atoms with Crippen molar-refractivity contribution in [2.45, 2.75) is 28.7 Å². The van der Waals surface area contributed by atoms with E-state index in [1.165, 1.54) is 24.3 Å². The first kappa shape index (κ1) is 19.3. The molecule has 0 heterocycles. The molecule has 22 heavy (non-hydrogen) atoms. The van der Waals surface area contributed by atoms with E-state index in [1.54, 1.807) is 7.05 Å². The highest BCUT2D eigenvalue weighted by Gasteiger charge is 2.28. The number of nitrogens with one attached hydrogen (secondary N) is 3. The van der Waals surface area contributed by atoms with Crippen LogP contribution in [0.2, 0.25) is 0 Å². The lowest BCUT2D eigenvalue weighted by Crippen LogP contribution is -2.31. The van der Waals surface area contributed by atoms with Crippen molar-refractivity contribution in [3.8, 4) is 0 Å². The van der Waals surface area contributed by atoms with Crippen LogP contribution < -0.4 is 14.8 Å². The average molecular weight is 370 g/mol. The normalized spacial score (nSPS) is 15.3. The van der Waals surface area contributed by atoms with Crippen molar-refractivity contribution in [3.05, 3.63) is 24.3 Å². The maximum Gasteiger partial charge on any atom is 0.240 e. The average Bonchev–Trinajstić information content (AvgIpc) is 3.22. The van der Waals surface area contributed by atoms with Crippen LogP contribution >= 0.6 is 12.4 Å². The lowest BCUT2D eigenvalue weighted by Gasteiger charge is -2.09. The highest BCUT2D eigenvalue weighted by atomic mass is 35.5. The van der Waals surface area contributed by atoms with E-state index >= 15 is 0 Å². The minimum absolute atomic E-state index is 0. The Bertz CT molecular complexity index is 703. The van der Waals surface area contributed by atoms with Crippen molar-refractivity contribution < 1.29 is 16.8 Å². The van der Waals surface area contributed by atoms with E-state index in [-0.39, 0.29) is 34.8 Å². The molecule has 1 aromatic rings. The fraction of sp³-hybridized carbons (Fsp3) is 0.500. The highest BCUT2D eigenvalue weighted by molar-refractivity contribution is 7.90. The minimum atomic E-state index is -3.71. The van der Waals surface area contributed by atoms with Crippen molar-refractivity contribution >= 4 is 32.5 Å². The summed E-state index contributed by atoms with van der Waals surface area (Å²) in [5.74, 6) is 0. The molecule has 3 N–H and O–H groups in total. The predicted octanol–water partition coefficient (Wildman–Crippen LogP) is 0.0468. The zero-order valence-electron chi connectivity index (χ0n) is 12.1. The summed E-state index contributed by atoms with van der Waals surface area (Å²) in [5, 5.41) is 2.82. The van der Waals surface area contributed by atoms with E-state index in [2.05, 4.69) is 14.8 Å². The summed E-state index contributed by atoms with van der Waals surface area (Å²) >= 11 is 0. The number of halogens is 1. The lowest BCUT2D eigenvalue weighted by atomic mass is 10.4. The molecule has 0 atom stereocenters. The standard InChI is InChI=1S/C12H19N3O4S2.ClH/c1-13-7-8-14-20(16,17)11-3-2-4-12(9-11)21(18,19)15-10-5-6-10;/h2-4,9-10,13-15H,5-8H2,1H3;1H. The van der Waals surface area contributed by atoms with Gasteiger partial charge < -0.3 is 5.32 Å². The molecular formula is C12H20ClN3O4S2. The predicted molar refractivity (Wildman–Crippen MR) is 86.1 cm³/mol. The van der Waals surface area contributed by atoms with Crippen molar-refractivity contribution in [1.82, 2.24) is 14.8 Å². The molecule has 10 heteroatoms. The smallest absolute Gasteiger partial charge is 0.240 e. The van der Waals surface area contributed by atoms with Gasteiger partial charge in [-0.05, 0) is 38.1 Å². The Morgan fingerprint density at radius 2 is 1.64 bits per heavy atom. The van der Waals surface area contributed by atoms with Gasteiger partial charge in [-0.3, -0.25) is 0 Å². The van der Waals surface area contributed by atoms with E-state index in [9.17, 15) is 16.8 Å². The van der Waals surface area contributed by atoms with E-state index in [1.807, 2.05) is 0 Å². The van der Waals surface area contributed by atoms with Crippen LogP contribution in [-0.4, -0.2) is 43.0 Å². The third-order valence-corrected chi connectivity index (χ3v) is 5.97. The molecule has 7 nitrogen and oxygen atoms in total. The van der Waals surface area contributed by atoms with Gasteiger partial charge in [-0.1, -0.05) is 6.07 Å². The molecule has 1 fully saturated rings. The first-order valence-electron chi connectivity index (χ1n) is 6.62. The summed E-state index contributed by atoms with van der Waals surface area (Å²) in [7, 11) is -5.66. The monoisotopic (exact) mass is 369 g/mol. The second kappa shape index (κ2) is 7.71. The van der Waals surface area contributed by atoms with Crippen LogP contribution in [0.5, 0.6) is 0 Å². The molecule has 1 aromatic carbocycles. The van der Waals surface area contributed by atoms with Crippen LogP contribution in [-0.2, 0) is 20.0 Å². The Labute approximate surface area is 137 Å². The summed E-state index contributed by atoms with van der Waals surface area (Å²) in [4.78, 5) is -0.0943. The van der Waals surface area contributed by atoms with Crippen molar-refractivity contribution in [1.29, 1.82) is 0 Å². The molecule has 0 aromatic heterocycles. The number of hydrogen-bond acceptors (Lipinski definition) is 5. The van der Waals surface area contributed by atoms with Gasteiger partial charge in [0.2, 0.25) is 20.0 Å². The summed E-state index contributed by atoms with van der Waals surface area (Å²) in [5.41, 5.74) is 0. The van der Waals surface area contributed by atoms with E-state index in [0.29, 0.717) is 6.54 Å². The van der Waals surface area contributed by atoms with Gasteiger partial charge in [-0.25, -0.2) is 26.3 Å². The Balaban J connectivity index is 0.00000242. The molecule has 2 rings (SSSR count). The quantitative estimate of drug-likeness (QED) is 0.561. The van der Waals surface area contributed by atoms with Crippen LogP contribution in [0.3, 0.4) is 0 Å². The molecule has 126 valence electrons. The van der Waals surface area contributed by atoms with Gasteiger partial charge in [-0.15, -0.1) is 12.4 Å². The first-order chi connectivity index (χ1) is 9.85. The van der Waals surface area contributed by atoms with Crippen LogP contribution in [0.15, 0.2) is 34.1 Å². The minimum Gasteiger partial charge on any atom is -0.318 e. The van der Waals surface area contributed by atoms with E-state index in [4.69, 9.17) is 0 Å². The first-order valence-corrected chi connectivity index (χ1v) is 9.58. The largest absolute Gasteiger partial charge is 0.318 e. The van der Waals surface area contributed by atoms with Crippen molar-refractivity contribution in [2.24, 2.45) is 0 Å². The molecule has 1 saturated carbocycles. The van der Waals surface area contributed by atoms with Gasteiger partial charge in [0, 0.05) is 19.1 Å². The number of likely N-dealkylation sites (N-methyl/N-ethyl adjacent to an activating group) is 1. The molecule has 1 aliphatic rings. The lowest BCUT2D eigenvalue weighted by molar-refractivity contribution is 0.578. The molecule has 0 saturated heterocycles. The summed E-state index contributed by atoms with van der Waals surface area (Å²) in [6, 6.07) is 5.33. The van der Waals surface area contributed by atoms with Crippen molar-refractivity contribution in [2.75, 3.05) is 20.1 Å². The summed E-state index contributed by atoms with van der Waals surface area (Å²) in [6.45, 7) is 0.719. The molecule has 0 bridgehead atoms. The molecular weight excluding hydrogens is 350 g/mol. The maximum absolute atomic E-state index is 12.1. The van der Waals surface area contributed by atoms with Crippen LogP contribution in [0.1, 0.15) is 12.8 Å². The van der Waals surface area contributed by atoms with Crippen LogP contribution in [0, 0.1) is 0 Å². The molecule has 0 unspecified atom stereocenters. The van der Waals surface area contributed by atoms with Gasteiger partial charge in [0.05, 0.1) is 9.79 Å². The number of rotatable bonds is 8. The Kier molecular flexibility index (Phi) is 6.78. The van der Waals surface area contributed by atoms with Gasteiger partial charge >= 0.3 is 0 Å². The van der Waals surface area contributed by atoms with Gasteiger partial charge in [0.25, 0.3) is 0 Å². The molecule has 1 aliphatic carbocycles. The number of hydrogen-bond donors (Lipinski definition) is 3. The van der Waals surface area contributed by atoms with E-state index < -0.39 is 20.0 Å². The summed E-state index contributed by atoms with van der Waals surface area (Å²) in [6.07, 6.45) is 1.64. The topological polar surface area (TPSA) is 104 Å². The Morgan fingerprint density at radius 3 is 2.18 bits per heavy atom. The summed E-state index contributed by atoms with van der Waals surface area (Å²) < 4.78 is 53.2. The zero-order chi connectivity index (χ0) is 15.5. The highest BCUT2D eigenvalue weighted by Crippen LogP contribution is 2.23.